The van der Waals surface area contributed by atoms with Crippen molar-refractivity contribution in [1.82, 2.24) is 0 Å². The molecule has 0 aromatic carbocycles. The van der Waals surface area contributed by atoms with E-state index in [0.29, 0.717) is 18.6 Å². The van der Waals surface area contributed by atoms with Gasteiger partial charge in [0.1, 0.15) is 6.10 Å². The van der Waals surface area contributed by atoms with Gasteiger partial charge in [-0.05, 0) is 0 Å². The van der Waals surface area contributed by atoms with Gasteiger partial charge in [0, 0.05) is 11.8 Å². The van der Waals surface area contributed by atoms with Crippen LogP contribution in [0, 0.1) is 5.41 Å². The number of carbonyl (C=O) groups is 1. The van der Waals surface area contributed by atoms with Gasteiger partial charge in [-0.25, -0.2) is 0 Å². The second-order valence-corrected chi connectivity index (χ2v) is 3.99. The molecule has 4 atom stereocenters. The average Bonchev–Trinajstić information content (AvgIpc) is 2.52. The molecule has 3 aliphatic rings. The molecule has 3 fully saturated rings. The summed E-state index contributed by atoms with van der Waals surface area (Å²) in [4.78, 5) is 10.9. The van der Waals surface area contributed by atoms with E-state index in [9.17, 15) is 4.79 Å². The first-order valence-electron chi connectivity index (χ1n) is 4.05. The number of esters is 1. The van der Waals surface area contributed by atoms with E-state index in [4.69, 9.17) is 9.47 Å². The van der Waals surface area contributed by atoms with Crippen LogP contribution in [0.25, 0.3) is 0 Å². The van der Waals surface area contributed by atoms with E-state index >= 15 is 0 Å². The minimum Gasteiger partial charge on any atom is -0.462 e. The molecule has 2 aliphatic heterocycles. The smallest absolute Gasteiger partial charge is 0.306 e. The summed E-state index contributed by atoms with van der Waals surface area (Å²) in [5, 5.41) is 0. The fraction of sp³-hybridized carbons (Fsp3) is 0.875. The Morgan fingerprint density at radius 3 is 3.18 bits per heavy atom. The van der Waals surface area contributed by atoms with Gasteiger partial charge >= 0.3 is 5.97 Å². The lowest BCUT2D eigenvalue weighted by atomic mass is 9.84. The van der Waals surface area contributed by atoms with Gasteiger partial charge in [0.25, 0.3) is 0 Å². The molecule has 4 unspecified atom stereocenters. The number of fused-ring (bicyclic) bond motifs is 3. The molecule has 0 aromatic heterocycles. The van der Waals surface area contributed by atoms with Gasteiger partial charge in [0.2, 0.25) is 0 Å². The maximum atomic E-state index is 10.9. The third-order valence-corrected chi connectivity index (χ3v) is 3.21. The molecule has 11 heavy (non-hydrogen) atoms. The summed E-state index contributed by atoms with van der Waals surface area (Å²) in [6.45, 7) is 2.10. The van der Waals surface area contributed by atoms with Crippen LogP contribution in [0.5, 0.6) is 0 Å². The lowest BCUT2D eigenvalue weighted by Crippen LogP contribution is -2.27. The fourth-order valence-corrected chi connectivity index (χ4v) is 2.47. The van der Waals surface area contributed by atoms with Gasteiger partial charge in [-0.15, -0.1) is 0 Å². The first-order valence-corrected chi connectivity index (χ1v) is 4.05. The highest BCUT2D eigenvalue weighted by molar-refractivity contribution is 5.73. The lowest BCUT2D eigenvalue weighted by molar-refractivity contribution is -0.142. The normalized spacial score (nSPS) is 58.6. The third-order valence-electron chi connectivity index (χ3n) is 3.21. The minimum absolute atomic E-state index is 0.0156. The maximum Gasteiger partial charge on any atom is 0.306 e. The molecule has 3 heteroatoms. The summed E-state index contributed by atoms with van der Waals surface area (Å²) in [7, 11) is 0. The quantitative estimate of drug-likeness (QED) is 0.376. The Morgan fingerprint density at radius 1 is 1.64 bits per heavy atom. The standard InChI is InChI=1S/C8H10O3/c1-8-3-6(9)11-5(8)2-4-7(8)10-4/h4-5,7H,2-3H2,1H3. The van der Waals surface area contributed by atoms with Crippen LogP contribution in [-0.2, 0) is 14.3 Å². The molecule has 0 spiro atoms. The molecule has 0 amide bonds. The molecule has 60 valence electrons. The van der Waals surface area contributed by atoms with Crippen LogP contribution in [0.3, 0.4) is 0 Å². The summed E-state index contributed by atoms with van der Waals surface area (Å²) >= 11 is 0. The van der Waals surface area contributed by atoms with Crippen LogP contribution < -0.4 is 0 Å². The average molecular weight is 154 g/mol. The number of rotatable bonds is 0. The van der Waals surface area contributed by atoms with Crippen LogP contribution in [-0.4, -0.2) is 24.3 Å². The second-order valence-electron chi connectivity index (χ2n) is 3.99. The molecule has 2 saturated heterocycles. The predicted molar refractivity (Wildman–Crippen MR) is 35.9 cm³/mol. The SMILES string of the molecule is CC12CC(=O)OC1CC1OC12. The number of carbonyl (C=O) groups excluding carboxylic acids is 1. The van der Waals surface area contributed by atoms with E-state index < -0.39 is 0 Å². The molecule has 0 bridgehead atoms. The summed E-state index contributed by atoms with van der Waals surface area (Å²) in [6.07, 6.45) is 2.35. The largest absolute Gasteiger partial charge is 0.462 e. The molecule has 1 saturated carbocycles. The Kier molecular flexibility index (Phi) is 0.796. The molecule has 0 radical (unpaired) electrons. The van der Waals surface area contributed by atoms with Crippen molar-refractivity contribution in [3.63, 3.8) is 0 Å². The fourth-order valence-electron chi connectivity index (χ4n) is 2.47. The van der Waals surface area contributed by atoms with Crippen molar-refractivity contribution >= 4 is 5.97 Å². The van der Waals surface area contributed by atoms with Gasteiger partial charge < -0.3 is 9.47 Å². The molecule has 0 aromatic rings. The number of epoxide rings is 1. The highest BCUT2D eigenvalue weighted by Gasteiger charge is 2.67. The molecular weight excluding hydrogens is 144 g/mol. The maximum absolute atomic E-state index is 10.9. The first kappa shape index (κ1) is 6.00. The zero-order chi connectivity index (χ0) is 7.64. The van der Waals surface area contributed by atoms with Crippen molar-refractivity contribution in [1.29, 1.82) is 0 Å². The zero-order valence-electron chi connectivity index (χ0n) is 6.37. The van der Waals surface area contributed by atoms with Crippen LogP contribution in [0.4, 0.5) is 0 Å². The van der Waals surface area contributed by atoms with Crippen LogP contribution in [0.2, 0.25) is 0 Å². The van der Waals surface area contributed by atoms with Gasteiger partial charge in [-0.1, -0.05) is 6.92 Å². The van der Waals surface area contributed by atoms with Gasteiger partial charge in [0.05, 0.1) is 18.6 Å². The Bertz CT molecular complexity index is 237. The molecular formula is C8H10O3. The van der Waals surface area contributed by atoms with E-state index in [1.54, 1.807) is 0 Å². The number of hydrogen-bond donors (Lipinski definition) is 0. The lowest BCUT2D eigenvalue weighted by Gasteiger charge is -2.21. The van der Waals surface area contributed by atoms with E-state index in [1.165, 1.54) is 0 Å². The van der Waals surface area contributed by atoms with Gasteiger partial charge in [-0.2, -0.15) is 0 Å². The van der Waals surface area contributed by atoms with Crippen molar-refractivity contribution in [3.8, 4) is 0 Å². The van der Waals surface area contributed by atoms with Crippen molar-refractivity contribution in [2.24, 2.45) is 5.41 Å². The van der Waals surface area contributed by atoms with Crippen molar-refractivity contribution in [2.45, 2.75) is 38.1 Å². The molecule has 3 rings (SSSR count). The molecule has 0 N–H and O–H groups in total. The van der Waals surface area contributed by atoms with E-state index in [1.807, 2.05) is 0 Å². The van der Waals surface area contributed by atoms with E-state index in [2.05, 4.69) is 6.92 Å². The Balaban J connectivity index is 1.98. The minimum atomic E-state index is -0.0496. The zero-order valence-corrected chi connectivity index (χ0v) is 6.37. The van der Waals surface area contributed by atoms with Crippen molar-refractivity contribution in [2.75, 3.05) is 0 Å². The first-order chi connectivity index (χ1) is 5.20. The van der Waals surface area contributed by atoms with Crippen molar-refractivity contribution in [3.05, 3.63) is 0 Å². The topological polar surface area (TPSA) is 38.8 Å². The van der Waals surface area contributed by atoms with Gasteiger partial charge in [-0.3, -0.25) is 4.79 Å². The second kappa shape index (κ2) is 1.46. The summed E-state index contributed by atoms with van der Waals surface area (Å²) < 4.78 is 10.6. The Labute approximate surface area is 64.7 Å². The molecule has 3 nitrogen and oxygen atoms in total. The van der Waals surface area contributed by atoms with Crippen LogP contribution in [0.1, 0.15) is 19.8 Å². The monoisotopic (exact) mass is 154 g/mol. The summed E-state index contributed by atoms with van der Waals surface area (Å²) in [5.74, 6) is -0.0496. The molecule has 1 aliphatic carbocycles. The predicted octanol–water partition coefficient (Wildman–Crippen LogP) is 0.479. The van der Waals surface area contributed by atoms with Crippen molar-refractivity contribution < 1.29 is 14.3 Å². The van der Waals surface area contributed by atoms with E-state index in [-0.39, 0.29) is 17.5 Å². The highest BCUT2D eigenvalue weighted by Crippen LogP contribution is 2.57. The van der Waals surface area contributed by atoms with Gasteiger partial charge in [0.15, 0.2) is 0 Å². The third kappa shape index (κ3) is 0.562. The summed E-state index contributed by atoms with van der Waals surface area (Å²) in [5.41, 5.74) is 0.0156. The Morgan fingerprint density at radius 2 is 2.45 bits per heavy atom. The van der Waals surface area contributed by atoms with E-state index in [0.717, 1.165) is 6.42 Å². The molecule has 2 heterocycles. The van der Waals surface area contributed by atoms with Crippen LogP contribution in [0.15, 0.2) is 0 Å². The Hall–Kier alpha value is -0.570. The summed E-state index contributed by atoms with van der Waals surface area (Å²) in [6, 6.07) is 0. The van der Waals surface area contributed by atoms with Crippen LogP contribution >= 0.6 is 0 Å². The number of ether oxygens (including phenoxy) is 2. The highest BCUT2D eigenvalue weighted by atomic mass is 16.6. The number of hydrogen-bond acceptors (Lipinski definition) is 3.